The molecule has 0 bridgehead atoms. The van der Waals surface area contributed by atoms with Gasteiger partial charge in [-0.1, -0.05) is 210 Å². The summed E-state index contributed by atoms with van der Waals surface area (Å²) in [5, 5.41) is 22.9. The average molecular weight is 828 g/mol. The minimum atomic E-state index is -0.878. The van der Waals surface area contributed by atoms with Gasteiger partial charge in [-0.05, 0) is 77.0 Å². The second-order valence-corrected chi connectivity index (χ2v) is 17.1. The van der Waals surface area contributed by atoms with E-state index >= 15 is 0 Å². The number of aliphatic hydroxyl groups excluding tert-OH is 2. The molecule has 1 amide bonds. The van der Waals surface area contributed by atoms with Crippen molar-refractivity contribution in [1.29, 1.82) is 0 Å². The van der Waals surface area contributed by atoms with Gasteiger partial charge in [0.1, 0.15) is 0 Å². The molecule has 0 aromatic carbocycles. The summed E-state index contributed by atoms with van der Waals surface area (Å²) < 4.78 is 5.45. The predicted molar refractivity (Wildman–Crippen MR) is 255 cm³/mol. The van der Waals surface area contributed by atoms with Crippen LogP contribution in [0.2, 0.25) is 0 Å². The standard InChI is InChI=1S/C53H97NO5/c1-3-5-7-9-11-13-15-17-18-19-20-23-27-31-35-39-43-47-53(58)59-48-44-40-36-32-28-24-21-22-26-30-34-38-42-46-52(57)54-50(49-55)51(56)45-41-37-33-29-25-16-14-12-10-8-6-4-2/h17-18,22,26,34,38,41,45,50-51,55-56H,3-16,19-21,23-25,27-33,35-37,39-40,42-44,46-49H2,1-2H3,(H,54,57)/b18-17-,26-22-,38-34-,45-41+. The molecule has 344 valence electrons. The molecule has 2 atom stereocenters. The second kappa shape index (κ2) is 48.5. The van der Waals surface area contributed by atoms with Gasteiger partial charge in [-0.2, -0.15) is 0 Å². The SMILES string of the molecule is CCCCCCCC/C=C\CCCCCCCCCC(=O)OCCCCCCCC/C=C\C/C=C\CCC(=O)NC(CO)C(O)/C=C/CCCCCCCCCCCC. The lowest BCUT2D eigenvalue weighted by Crippen LogP contribution is -2.45. The van der Waals surface area contributed by atoms with Crippen molar-refractivity contribution in [3.05, 3.63) is 48.6 Å². The molecule has 0 saturated heterocycles. The Labute approximate surface area is 366 Å². The van der Waals surface area contributed by atoms with Gasteiger partial charge in [-0.3, -0.25) is 9.59 Å². The van der Waals surface area contributed by atoms with Gasteiger partial charge in [0.05, 0.1) is 25.4 Å². The highest BCUT2D eigenvalue weighted by molar-refractivity contribution is 5.76. The molecule has 0 aliphatic heterocycles. The van der Waals surface area contributed by atoms with Crippen molar-refractivity contribution < 1.29 is 24.5 Å². The smallest absolute Gasteiger partial charge is 0.305 e. The van der Waals surface area contributed by atoms with Crippen molar-refractivity contribution in [2.45, 2.75) is 264 Å². The van der Waals surface area contributed by atoms with E-state index in [2.05, 4.69) is 49.5 Å². The van der Waals surface area contributed by atoms with Gasteiger partial charge in [0.2, 0.25) is 5.91 Å². The van der Waals surface area contributed by atoms with Crippen LogP contribution in [0.3, 0.4) is 0 Å². The van der Waals surface area contributed by atoms with E-state index in [9.17, 15) is 19.8 Å². The number of unbranched alkanes of at least 4 members (excludes halogenated alkanes) is 29. The first-order chi connectivity index (χ1) is 29.0. The fourth-order valence-corrected chi connectivity index (χ4v) is 7.38. The van der Waals surface area contributed by atoms with Crippen LogP contribution in [0.5, 0.6) is 0 Å². The minimum Gasteiger partial charge on any atom is -0.466 e. The molecule has 0 radical (unpaired) electrons. The molecule has 0 fully saturated rings. The second-order valence-electron chi connectivity index (χ2n) is 17.1. The summed E-state index contributed by atoms with van der Waals surface area (Å²) >= 11 is 0. The third-order valence-electron chi connectivity index (χ3n) is 11.3. The summed E-state index contributed by atoms with van der Waals surface area (Å²) in [7, 11) is 0. The van der Waals surface area contributed by atoms with Crippen molar-refractivity contribution in [3.8, 4) is 0 Å². The lowest BCUT2D eigenvalue weighted by molar-refractivity contribution is -0.143. The maximum atomic E-state index is 12.4. The first-order valence-electron chi connectivity index (χ1n) is 25.4. The van der Waals surface area contributed by atoms with Crippen LogP contribution in [-0.2, 0) is 14.3 Å². The fraction of sp³-hybridized carbons (Fsp3) is 0.811. The van der Waals surface area contributed by atoms with Crippen LogP contribution < -0.4 is 5.32 Å². The number of allylic oxidation sites excluding steroid dienone is 7. The summed E-state index contributed by atoms with van der Waals surface area (Å²) in [5.41, 5.74) is 0. The molecule has 0 aliphatic rings. The lowest BCUT2D eigenvalue weighted by Gasteiger charge is -2.19. The van der Waals surface area contributed by atoms with Crippen LogP contribution in [0, 0.1) is 0 Å². The number of nitrogens with one attached hydrogen (secondary N) is 1. The van der Waals surface area contributed by atoms with Crippen LogP contribution >= 0.6 is 0 Å². The number of rotatable bonds is 46. The maximum Gasteiger partial charge on any atom is 0.305 e. The molecular weight excluding hydrogens is 731 g/mol. The van der Waals surface area contributed by atoms with Crippen molar-refractivity contribution in [3.63, 3.8) is 0 Å². The first kappa shape index (κ1) is 56.8. The fourth-order valence-electron chi connectivity index (χ4n) is 7.38. The Balaban J connectivity index is 3.57. The summed E-state index contributed by atoms with van der Waals surface area (Å²) in [6, 6.07) is -0.671. The van der Waals surface area contributed by atoms with E-state index in [-0.39, 0.29) is 18.5 Å². The first-order valence-corrected chi connectivity index (χ1v) is 25.4. The number of carbonyl (C=O) groups excluding carboxylic acids is 2. The van der Waals surface area contributed by atoms with Gasteiger partial charge in [0, 0.05) is 12.8 Å². The zero-order chi connectivity index (χ0) is 43.0. The number of amides is 1. The van der Waals surface area contributed by atoms with Crippen LogP contribution in [-0.4, -0.2) is 47.4 Å². The molecule has 0 aromatic heterocycles. The topological polar surface area (TPSA) is 95.9 Å². The highest BCUT2D eigenvalue weighted by Gasteiger charge is 2.17. The van der Waals surface area contributed by atoms with Gasteiger partial charge in [-0.15, -0.1) is 0 Å². The van der Waals surface area contributed by atoms with Gasteiger partial charge >= 0.3 is 5.97 Å². The number of esters is 1. The van der Waals surface area contributed by atoms with Gasteiger partial charge in [-0.25, -0.2) is 0 Å². The Hall–Kier alpha value is -2.18. The van der Waals surface area contributed by atoms with Crippen LogP contribution in [0.1, 0.15) is 251 Å². The molecule has 59 heavy (non-hydrogen) atoms. The Morgan fingerprint density at radius 1 is 0.475 bits per heavy atom. The molecule has 6 nitrogen and oxygen atoms in total. The van der Waals surface area contributed by atoms with E-state index in [1.807, 2.05) is 12.2 Å². The third-order valence-corrected chi connectivity index (χ3v) is 11.3. The summed E-state index contributed by atoms with van der Waals surface area (Å²) in [5.74, 6) is -0.174. The van der Waals surface area contributed by atoms with E-state index < -0.39 is 12.1 Å². The van der Waals surface area contributed by atoms with Crippen molar-refractivity contribution in [1.82, 2.24) is 5.32 Å². The van der Waals surface area contributed by atoms with Crippen molar-refractivity contribution >= 4 is 11.9 Å². The molecule has 2 unspecified atom stereocenters. The molecule has 0 rings (SSSR count). The van der Waals surface area contributed by atoms with Crippen molar-refractivity contribution in [2.24, 2.45) is 0 Å². The summed E-state index contributed by atoms with van der Waals surface area (Å²) in [6.07, 6.45) is 59.8. The molecule has 0 aromatic rings. The molecular formula is C53H97NO5. The number of hydrogen-bond acceptors (Lipinski definition) is 5. The highest BCUT2D eigenvalue weighted by atomic mass is 16.5. The Morgan fingerprint density at radius 3 is 1.34 bits per heavy atom. The third kappa shape index (κ3) is 45.2. The number of hydrogen-bond donors (Lipinski definition) is 3. The lowest BCUT2D eigenvalue weighted by atomic mass is 10.1. The van der Waals surface area contributed by atoms with Gasteiger partial charge in [0.25, 0.3) is 0 Å². The monoisotopic (exact) mass is 828 g/mol. The molecule has 0 spiro atoms. The normalized spacial score (nSPS) is 13.1. The Kier molecular flexibility index (Phi) is 46.7. The zero-order valence-corrected chi connectivity index (χ0v) is 39.0. The van der Waals surface area contributed by atoms with E-state index in [1.54, 1.807) is 6.08 Å². The van der Waals surface area contributed by atoms with E-state index in [4.69, 9.17) is 4.74 Å². The predicted octanol–water partition coefficient (Wildman–Crippen LogP) is 15.1. The number of aliphatic hydroxyl groups is 2. The zero-order valence-electron chi connectivity index (χ0n) is 39.0. The molecule has 0 heterocycles. The van der Waals surface area contributed by atoms with E-state index in [0.717, 1.165) is 51.4 Å². The Morgan fingerprint density at radius 2 is 0.864 bits per heavy atom. The summed E-state index contributed by atoms with van der Waals surface area (Å²) in [4.78, 5) is 24.4. The van der Waals surface area contributed by atoms with Gasteiger partial charge < -0.3 is 20.3 Å². The highest BCUT2D eigenvalue weighted by Crippen LogP contribution is 2.14. The molecule has 0 saturated carbocycles. The van der Waals surface area contributed by atoms with Crippen LogP contribution in [0.4, 0.5) is 0 Å². The molecule has 0 aliphatic carbocycles. The number of ether oxygens (including phenoxy) is 1. The Bertz CT molecular complexity index is 1000. The van der Waals surface area contributed by atoms with E-state index in [1.165, 1.54) is 167 Å². The summed E-state index contributed by atoms with van der Waals surface area (Å²) in [6.45, 7) is 4.81. The quantitative estimate of drug-likeness (QED) is 0.0323. The minimum absolute atomic E-state index is 0.0229. The van der Waals surface area contributed by atoms with Crippen LogP contribution in [0.25, 0.3) is 0 Å². The maximum absolute atomic E-state index is 12.4. The van der Waals surface area contributed by atoms with E-state index in [0.29, 0.717) is 25.9 Å². The van der Waals surface area contributed by atoms with Crippen molar-refractivity contribution in [2.75, 3.05) is 13.2 Å². The molecule has 6 heteroatoms. The van der Waals surface area contributed by atoms with Crippen LogP contribution in [0.15, 0.2) is 48.6 Å². The number of carbonyl (C=O) groups is 2. The molecule has 3 N–H and O–H groups in total. The van der Waals surface area contributed by atoms with Gasteiger partial charge in [0.15, 0.2) is 0 Å². The average Bonchev–Trinajstić information content (AvgIpc) is 3.24. The largest absolute Gasteiger partial charge is 0.466 e.